The number of aromatic amines is 1. The molecule has 1 aliphatic rings. The van der Waals surface area contributed by atoms with Crippen molar-refractivity contribution in [2.45, 2.75) is 52.0 Å². The van der Waals surface area contributed by atoms with E-state index in [0.29, 0.717) is 6.04 Å². The van der Waals surface area contributed by atoms with Crippen LogP contribution >= 0.6 is 0 Å². The number of hydrogen-bond donors (Lipinski definition) is 2. The lowest BCUT2D eigenvalue weighted by atomic mass is 9.85. The van der Waals surface area contributed by atoms with Gasteiger partial charge in [-0.3, -0.25) is 5.10 Å². The first kappa shape index (κ1) is 13.2. The van der Waals surface area contributed by atoms with Gasteiger partial charge in [-0.1, -0.05) is 32.9 Å². The number of H-pyrrole nitrogens is 1. The zero-order chi connectivity index (χ0) is 14.3. The molecule has 0 bridgehead atoms. The van der Waals surface area contributed by atoms with Gasteiger partial charge in [0.2, 0.25) is 0 Å². The van der Waals surface area contributed by atoms with Crippen molar-refractivity contribution >= 4 is 5.82 Å². The van der Waals surface area contributed by atoms with Crippen molar-refractivity contribution in [3.05, 3.63) is 35.4 Å². The van der Waals surface area contributed by atoms with Gasteiger partial charge >= 0.3 is 0 Å². The average Bonchev–Trinajstić information content (AvgIpc) is 3.05. The van der Waals surface area contributed by atoms with Crippen LogP contribution in [0.25, 0.3) is 11.3 Å². The minimum atomic E-state index is 0.164. The SMILES string of the molecule is Cc1ccc(C(C)(C)C)cc1-c1cc(NC2CC2)n[nH]1. The van der Waals surface area contributed by atoms with E-state index >= 15 is 0 Å². The highest BCUT2D eigenvalue weighted by molar-refractivity contribution is 5.67. The molecule has 2 aromatic rings. The quantitative estimate of drug-likeness (QED) is 0.874. The number of benzene rings is 1. The molecule has 20 heavy (non-hydrogen) atoms. The van der Waals surface area contributed by atoms with Crippen molar-refractivity contribution in [1.82, 2.24) is 10.2 Å². The Morgan fingerprint density at radius 3 is 2.60 bits per heavy atom. The van der Waals surface area contributed by atoms with Gasteiger partial charge in [-0.15, -0.1) is 0 Å². The summed E-state index contributed by atoms with van der Waals surface area (Å²) in [5, 5.41) is 11.0. The number of anilines is 1. The predicted octanol–water partition coefficient (Wildman–Crippen LogP) is 4.26. The molecule has 1 heterocycles. The molecule has 1 aromatic heterocycles. The van der Waals surface area contributed by atoms with Crippen LogP contribution in [-0.2, 0) is 5.41 Å². The average molecular weight is 269 g/mol. The van der Waals surface area contributed by atoms with Crippen LogP contribution in [0.1, 0.15) is 44.7 Å². The van der Waals surface area contributed by atoms with Crippen LogP contribution in [0.5, 0.6) is 0 Å². The fourth-order valence-electron chi connectivity index (χ4n) is 2.35. The van der Waals surface area contributed by atoms with Crippen LogP contribution in [0.15, 0.2) is 24.3 Å². The van der Waals surface area contributed by atoms with E-state index in [2.05, 4.69) is 67.5 Å². The lowest BCUT2D eigenvalue weighted by molar-refractivity contribution is 0.590. The van der Waals surface area contributed by atoms with E-state index < -0.39 is 0 Å². The van der Waals surface area contributed by atoms with Gasteiger partial charge in [0.25, 0.3) is 0 Å². The molecular formula is C17H23N3. The van der Waals surface area contributed by atoms with Crippen LogP contribution < -0.4 is 5.32 Å². The Balaban J connectivity index is 1.93. The first-order valence-electron chi connectivity index (χ1n) is 7.37. The Bertz CT molecular complexity index is 615. The van der Waals surface area contributed by atoms with E-state index in [1.54, 1.807) is 0 Å². The van der Waals surface area contributed by atoms with Crippen molar-refractivity contribution < 1.29 is 0 Å². The summed E-state index contributed by atoms with van der Waals surface area (Å²) in [6.45, 7) is 8.88. The van der Waals surface area contributed by atoms with Crippen LogP contribution in [0.3, 0.4) is 0 Å². The molecule has 1 fully saturated rings. The summed E-state index contributed by atoms with van der Waals surface area (Å²) < 4.78 is 0. The Labute approximate surface area is 120 Å². The minimum absolute atomic E-state index is 0.164. The number of aromatic nitrogens is 2. The summed E-state index contributed by atoms with van der Waals surface area (Å²) in [6.07, 6.45) is 2.53. The summed E-state index contributed by atoms with van der Waals surface area (Å²) in [5.74, 6) is 0.961. The summed E-state index contributed by atoms with van der Waals surface area (Å²) >= 11 is 0. The molecule has 0 saturated heterocycles. The zero-order valence-electron chi connectivity index (χ0n) is 12.7. The molecule has 0 aliphatic heterocycles. The van der Waals surface area contributed by atoms with Crippen molar-refractivity contribution in [3.8, 4) is 11.3 Å². The molecule has 1 saturated carbocycles. The summed E-state index contributed by atoms with van der Waals surface area (Å²) in [5.41, 5.74) is 5.13. The van der Waals surface area contributed by atoms with Gasteiger partial charge < -0.3 is 5.32 Å². The number of aryl methyl sites for hydroxylation is 1. The molecular weight excluding hydrogens is 246 g/mol. The summed E-state index contributed by atoms with van der Waals surface area (Å²) in [4.78, 5) is 0. The van der Waals surface area contributed by atoms with Crippen LogP contribution in [0.2, 0.25) is 0 Å². The summed E-state index contributed by atoms with van der Waals surface area (Å²) in [6, 6.07) is 9.45. The monoisotopic (exact) mass is 269 g/mol. The van der Waals surface area contributed by atoms with E-state index in [9.17, 15) is 0 Å². The number of rotatable bonds is 3. The number of nitrogens with one attached hydrogen (secondary N) is 2. The van der Waals surface area contributed by atoms with Crippen LogP contribution in [0, 0.1) is 6.92 Å². The molecule has 1 aliphatic carbocycles. The maximum atomic E-state index is 4.37. The van der Waals surface area contributed by atoms with Gasteiger partial charge in [0.1, 0.15) is 5.82 Å². The summed E-state index contributed by atoms with van der Waals surface area (Å²) in [7, 11) is 0. The lowest BCUT2D eigenvalue weighted by Gasteiger charge is -2.20. The molecule has 0 spiro atoms. The van der Waals surface area contributed by atoms with Crippen molar-refractivity contribution in [3.63, 3.8) is 0 Å². The van der Waals surface area contributed by atoms with Gasteiger partial charge in [0.15, 0.2) is 0 Å². The van der Waals surface area contributed by atoms with Crippen molar-refractivity contribution in [2.24, 2.45) is 0 Å². The molecule has 0 unspecified atom stereocenters. The fraction of sp³-hybridized carbons (Fsp3) is 0.471. The zero-order valence-corrected chi connectivity index (χ0v) is 12.7. The largest absolute Gasteiger partial charge is 0.366 e. The molecule has 1 aromatic carbocycles. The molecule has 3 nitrogen and oxygen atoms in total. The van der Waals surface area contributed by atoms with Crippen molar-refractivity contribution in [1.29, 1.82) is 0 Å². The second kappa shape index (κ2) is 4.65. The maximum Gasteiger partial charge on any atom is 0.148 e. The third-order valence-corrected chi connectivity index (χ3v) is 3.90. The van der Waals surface area contributed by atoms with Gasteiger partial charge in [0.05, 0.1) is 5.69 Å². The lowest BCUT2D eigenvalue weighted by Crippen LogP contribution is -2.11. The second-order valence-corrected chi connectivity index (χ2v) is 6.87. The topological polar surface area (TPSA) is 40.7 Å². The minimum Gasteiger partial charge on any atom is -0.366 e. The predicted molar refractivity (Wildman–Crippen MR) is 84.1 cm³/mol. The van der Waals surface area contributed by atoms with E-state index in [1.165, 1.54) is 29.5 Å². The van der Waals surface area contributed by atoms with Crippen molar-refractivity contribution in [2.75, 3.05) is 5.32 Å². The van der Waals surface area contributed by atoms with Gasteiger partial charge in [-0.25, -0.2) is 0 Å². The molecule has 0 amide bonds. The Morgan fingerprint density at radius 1 is 1.20 bits per heavy atom. The van der Waals surface area contributed by atoms with E-state index in [-0.39, 0.29) is 5.41 Å². The second-order valence-electron chi connectivity index (χ2n) is 6.87. The van der Waals surface area contributed by atoms with Crippen LogP contribution in [-0.4, -0.2) is 16.2 Å². The van der Waals surface area contributed by atoms with Gasteiger partial charge in [-0.2, -0.15) is 5.10 Å². The van der Waals surface area contributed by atoms with E-state index in [0.717, 1.165) is 11.5 Å². The normalized spacial score (nSPS) is 15.4. The maximum absolute atomic E-state index is 4.37. The van der Waals surface area contributed by atoms with Gasteiger partial charge in [0, 0.05) is 17.7 Å². The van der Waals surface area contributed by atoms with Gasteiger partial charge in [-0.05, 0) is 42.4 Å². The number of hydrogen-bond acceptors (Lipinski definition) is 2. The highest BCUT2D eigenvalue weighted by Crippen LogP contribution is 2.31. The first-order chi connectivity index (χ1) is 9.43. The molecule has 0 atom stereocenters. The third-order valence-electron chi connectivity index (χ3n) is 3.90. The Morgan fingerprint density at radius 2 is 1.95 bits per heavy atom. The van der Waals surface area contributed by atoms with Crippen LogP contribution in [0.4, 0.5) is 5.82 Å². The number of nitrogens with zero attached hydrogens (tertiary/aromatic N) is 1. The highest BCUT2D eigenvalue weighted by Gasteiger charge is 2.22. The van der Waals surface area contributed by atoms with E-state index in [4.69, 9.17) is 0 Å². The smallest absolute Gasteiger partial charge is 0.148 e. The van der Waals surface area contributed by atoms with E-state index in [1.807, 2.05) is 0 Å². The molecule has 106 valence electrons. The standard InChI is InChI=1S/C17H23N3/c1-11-5-6-12(17(2,3)4)9-14(11)15-10-16(20-19-15)18-13-7-8-13/h5-6,9-10,13H,7-8H2,1-4H3,(H2,18,19,20). The molecule has 2 N–H and O–H groups in total. The Kier molecular flexibility index (Phi) is 3.08. The first-order valence-corrected chi connectivity index (χ1v) is 7.37. The molecule has 3 rings (SSSR count). The molecule has 3 heteroatoms. The third kappa shape index (κ3) is 2.72. The fourth-order valence-corrected chi connectivity index (χ4v) is 2.35. The molecule has 0 radical (unpaired) electrons. The highest BCUT2D eigenvalue weighted by atomic mass is 15.2. The Hall–Kier alpha value is -1.77.